The third-order valence-corrected chi connectivity index (χ3v) is 3.05. The van der Waals surface area contributed by atoms with E-state index in [0.29, 0.717) is 5.95 Å². The fourth-order valence-electron chi connectivity index (χ4n) is 1.72. The Hall–Kier alpha value is -2.02. The highest BCUT2D eigenvalue weighted by molar-refractivity contribution is 6.32. The molecule has 4 nitrogen and oxygen atoms in total. The lowest BCUT2D eigenvalue weighted by Gasteiger charge is -2.13. The summed E-state index contributed by atoms with van der Waals surface area (Å²) in [5.74, 6) is 0.540. The van der Waals surface area contributed by atoms with Gasteiger partial charge in [-0.25, -0.2) is 4.98 Å². The summed E-state index contributed by atoms with van der Waals surface area (Å²) in [5, 5.41) is 5.70. The number of hydrogen-bond donors (Lipinski definition) is 2. The molecule has 2 rings (SSSR count). The first-order chi connectivity index (χ1) is 9.81. The molecule has 8 heteroatoms. The van der Waals surface area contributed by atoms with Crippen molar-refractivity contribution in [1.82, 2.24) is 9.97 Å². The van der Waals surface area contributed by atoms with E-state index in [1.807, 2.05) is 0 Å². The molecule has 0 aliphatic rings. The van der Waals surface area contributed by atoms with Gasteiger partial charge >= 0.3 is 6.18 Å². The summed E-state index contributed by atoms with van der Waals surface area (Å²) in [6.07, 6.45) is -3.05. The molecule has 1 aromatic heterocycles. The predicted octanol–water partition coefficient (Wildman–Crippen LogP) is 4.24. The van der Waals surface area contributed by atoms with Crippen molar-refractivity contribution in [2.45, 2.75) is 13.1 Å². The largest absolute Gasteiger partial charge is 0.416 e. The molecular weight excluding hydrogens is 305 g/mol. The molecule has 0 fully saturated rings. The van der Waals surface area contributed by atoms with Crippen LogP contribution in [-0.2, 0) is 6.18 Å². The zero-order valence-electron chi connectivity index (χ0n) is 11.2. The van der Waals surface area contributed by atoms with E-state index in [0.717, 1.165) is 6.07 Å². The molecule has 0 amide bonds. The van der Waals surface area contributed by atoms with Crippen LogP contribution in [0.5, 0.6) is 0 Å². The lowest BCUT2D eigenvalue weighted by molar-refractivity contribution is -0.138. The Morgan fingerprint density at radius 1 is 1.24 bits per heavy atom. The molecule has 0 spiro atoms. The van der Waals surface area contributed by atoms with Crippen molar-refractivity contribution < 1.29 is 13.2 Å². The molecule has 0 unspecified atom stereocenters. The molecule has 2 N–H and O–H groups in total. The number of benzene rings is 1. The molecule has 112 valence electrons. The van der Waals surface area contributed by atoms with Gasteiger partial charge in [0, 0.05) is 12.7 Å². The van der Waals surface area contributed by atoms with Gasteiger partial charge in [0.1, 0.15) is 5.02 Å². The van der Waals surface area contributed by atoms with Crippen LogP contribution in [0.2, 0.25) is 5.02 Å². The molecule has 21 heavy (non-hydrogen) atoms. The topological polar surface area (TPSA) is 49.8 Å². The van der Waals surface area contributed by atoms with E-state index >= 15 is 0 Å². The smallest absolute Gasteiger partial charge is 0.357 e. The molecule has 1 heterocycles. The third-order valence-electron chi connectivity index (χ3n) is 2.77. The first-order valence-electron chi connectivity index (χ1n) is 5.96. The van der Waals surface area contributed by atoms with Crippen molar-refractivity contribution in [2.75, 3.05) is 17.7 Å². The van der Waals surface area contributed by atoms with Crippen molar-refractivity contribution >= 4 is 29.1 Å². The summed E-state index contributed by atoms with van der Waals surface area (Å²) >= 11 is 5.93. The van der Waals surface area contributed by atoms with Crippen LogP contribution in [0.1, 0.15) is 11.1 Å². The van der Waals surface area contributed by atoms with Crippen LogP contribution in [0.15, 0.2) is 24.4 Å². The van der Waals surface area contributed by atoms with Crippen LogP contribution in [0.4, 0.5) is 30.6 Å². The van der Waals surface area contributed by atoms with Crippen LogP contribution in [-0.4, -0.2) is 17.0 Å². The van der Waals surface area contributed by atoms with Crippen LogP contribution in [0, 0.1) is 6.92 Å². The molecule has 1 aromatic carbocycles. The van der Waals surface area contributed by atoms with Crippen LogP contribution >= 0.6 is 11.6 Å². The highest BCUT2D eigenvalue weighted by atomic mass is 35.5. The van der Waals surface area contributed by atoms with E-state index in [1.54, 1.807) is 7.05 Å². The Balaban J connectivity index is 2.36. The summed E-state index contributed by atoms with van der Waals surface area (Å²) in [6.45, 7) is 1.41. The maximum Gasteiger partial charge on any atom is 0.416 e. The minimum absolute atomic E-state index is 0.151. The van der Waals surface area contributed by atoms with Gasteiger partial charge in [0.15, 0.2) is 5.82 Å². The maximum atomic E-state index is 12.9. The molecule has 0 aliphatic heterocycles. The molecule has 0 bridgehead atoms. The van der Waals surface area contributed by atoms with Crippen molar-refractivity contribution in [3.05, 3.63) is 40.5 Å². The second kappa shape index (κ2) is 5.77. The summed E-state index contributed by atoms with van der Waals surface area (Å²) in [6, 6.07) is 3.94. The fourth-order valence-corrected chi connectivity index (χ4v) is 1.86. The monoisotopic (exact) mass is 316 g/mol. The minimum atomic E-state index is -4.41. The maximum absolute atomic E-state index is 12.9. The molecule has 0 saturated carbocycles. The Morgan fingerprint density at radius 2 is 1.95 bits per heavy atom. The lowest BCUT2D eigenvalue weighted by Crippen LogP contribution is -2.08. The fraction of sp³-hybridized carbons (Fsp3) is 0.231. The number of rotatable bonds is 3. The van der Waals surface area contributed by atoms with E-state index in [1.165, 1.54) is 25.3 Å². The van der Waals surface area contributed by atoms with E-state index in [4.69, 9.17) is 11.6 Å². The molecule has 2 aromatic rings. The number of nitrogens with one attached hydrogen (secondary N) is 2. The Bertz CT molecular complexity index is 658. The zero-order valence-corrected chi connectivity index (χ0v) is 12.0. The Morgan fingerprint density at radius 3 is 2.57 bits per heavy atom. The predicted molar refractivity (Wildman–Crippen MR) is 76.1 cm³/mol. The van der Waals surface area contributed by atoms with Gasteiger partial charge in [0.2, 0.25) is 5.95 Å². The summed E-state index contributed by atoms with van der Waals surface area (Å²) in [7, 11) is 1.63. The Kier molecular flexibility index (Phi) is 4.22. The number of nitrogens with zero attached hydrogens (tertiary/aromatic N) is 2. The van der Waals surface area contributed by atoms with Gasteiger partial charge in [-0.05, 0) is 24.6 Å². The quantitative estimate of drug-likeness (QED) is 0.889. The van der Waals surface area contributed by atoms with Gasteiger partial charge < -0.3 is 10.6 Å². The van der Waals surface area contributed by atoms with Gasteiger partial charge in [0.05, 0.1) is 11.8 Å². The molecule has 0 saturated heterocycles. The summed E-state index contributed by atoms with van der Waals surface area (Å²) in [4.78, 5) is 7.95. The summed E-state index contributed by atoms with van der Waals surface area (Å²) in [5.41, 5.74) is -0.306. The second-order valence-electron chi connectivity index (χ2n) is 4.29. The second-order valence-corrected chi connectivity index (χ2v) is 4.70. The van der Waals surface area contributed by atoms with Gasteiger partial charge in [-0.1, -0.05) is 17.7 Å². The number of hydrogen-bond acceptors (Lipinski definition) is 4. The number of aryl methyl sites for hydroxylation is 1. The highest BCUT2D eigenvalue weighted by Crippen LogP contribution is 2.34. The molecule has 0 radical (unpaired) electrons. The van der Waals surface area contributed by atoms with E-state index in [2.05, 4.69) is 20.6 Å². The van der Waals surface area contributed by atoms with Crippen LogP contribution in [0.3, 0.4) is 0 Å². The first-order valence-corrected chi connectivity index (χ1v) is 6.34. The average molecular weight is 317 g/mol. The number of alkyl halides is 3. The van der Waals surface area contributed by atoms with E-state index < -0.39 is 11.7 Å². The molecule has 0 atom stereocenters. The van der Waals surface area contributed by atoms with E-state index in [9.17, 15) is 13.2 Å². The van der Waals surface area contributed by atoms with Crippen molar-refractivity contribution in [1.29, 1.82) is 0 Å². The first kappa shape index (κ1) is 15.4. The van der Waals surface area contributed by atoms with Crippen molar-refractivity contribution in [3.63, 3.8) is 0 Å². The zero-order chi connectivity index (χ0) is 15.6. The number of anilines is 3. The van der Waals surface area contributed by atoms with Gasteiger partial charge in [-0.15, -0.1) is 0 Å². The van der Waals surface area contributed by atoms with Gasteiger partial charge in [-0.3, -0.25) is 0 Å². The highest BCUT2D eigenvalue weighted by Gasteiger charge is 2.32. The number of aromatic nitrogens is 2. The SMILES string of the molecule is CNc1ncc(Cl)c(Nc2ccc(C)c(C(F)(F)F)c2)n1. The van der Waals surface area contributed by atoms with Gasteiger partial charge in [0.25, 0.3) is 0 Å². The summed E-state index contributed by atoms with van der Waals surface area (Å²) < 4.78 is 38.6. The molecule has 0 aliphatic carbocycles. The van der Waals surface area contributed by atoms with Crippen LogP contribution in [0.25, 0.3) is 0 Å². The van der Waals surface area contributed by atoms with Crippen molar-refractivity contribution in [3.8, 4) is 0 Å². The minimum Gasteiger partial charge on any atom is -0.357 e. The lowest BCUT2D eigenvalue weighted by atomic mass is 10.1. The van der Waals surface area contributed by atoms with E-state index in [-0.39, 0.29) is 22.1 Å². The van der Waals surface area contributed by atoms with Crippen LogP contribution < -0.4 is 10.6 Å². The average Bonchev–Trinajstić information content (AvgIpc) is 2.42. The third kappa shape index (κ3) is 3.55. The number of halogens is 4. The standard InChI is InChI=1S/C13H12ClF3N4/c1-7-3-4-8(5-9(7)13(15,16)17)20-11-10(14)6-19-12(18-2)21-11/h3-6H,1-2H3,(H2,18,19,20,21). The Labute approximate surface area is 124 Å². The van der Waals surface area contributed by atoms with Gasteiger partial charge in [-0.2, -0.15) is 18.2 Å². The van der Waals surface area contributed by atoms with Crippen molar-refractivity contribution in [2.24, 2.45) is 0 Å². The molecular formula is C13H12ClF3N4. The normalized spacial score (nSPS) is 11.3.